The molecule has 1 aromatic carbocycles. The van der Waals surface area contributed by atoms with Crippen molar-refractivity contribution in [2.75, 3.05) is 5.01 Å². The van der Waals surface area contributed by atoms with Crippen LogP contribution in [-0.2, 0) is 17.2 Å². The zero-order chi connectivity index (χ0) is 20.0. The summed E-state index contributed by atoms with van der Waals surface area (Å²) >= 11 is 20.3. The molecular weight excluding hydrogens is 515 g/mol. The summed E-state index contributed by atoms with van der Waals surface area (Å²) in [4.78, 5) is 0. The smallest absolute Gasteiger partial charge is 0.251 e. The summed E-state index contributed by atoms with van der Waals surface area (Å²) < 4.78 is 76.8. The molecule has 4 nitrogen and oxygen atoms in total. The lowest BCUT2D eigenvalue weighted by Crippen LogP contribution is -2.45. The Labute approximate surface area is 169 Å². The SMILES string of the molecule is N#CC1C(Cl)=C(Br)N(c2cc(Cl)c(C(F)(F)F)cc2Cl)N1S(=O)C(F)F. The summed E-state index contributed by atoms with van der Waals surface area (Å²) in [5.74, 6) is -3.40. The number of hydrogen-bond acceptors (Lipinski definition) is 3. The summed E-state index contributed by atoms with van der Waals surface area (Å²) in [5.41, 5.74) is -1.59. The average Bonchev–Trinajstić information content (AvgIpc) is 2.78. The van der Waals surface area contributed by atoms with E-state index >= 15 is 0 Å². The molecule has 1 heterocycles. The van der Waals surface area contributed by atoms with Gasteiger partial charge in [0.15, 0.2) is 17.0 Å². The molecule has 0 fully saturated rings. The minimum absolute atomic E-state index is 0.197. The van der Waals surface area contributed by atoms with Crippen molar-refractivity contribution in [1.82, 2.24) is 4.41 Å². The molecular formula is C12H4BrCl3F5N3OS. The number of hydrogen-bond donors (Lipinski definition) is 0. The topological polar surface area (TPSA) is 47.3 Å². The van der Waals surface area contributed by atoms with E-state index in [1.165, 1.54) is 0 Å². The highest BCUT2D eigenvalue weighted by atomic mass is 79.9. The monoisotopic (exact) mass is 517 g/mol. The number of halogens is 9. The van der Waals surface area contributed by atoms with Gasteiger partial charge in [-0.15, -0.1) is 4.41 Å². The third-order valence-corrected chi connectivity index (χ3v) is 6.11. The van der Waals surface area contributed by atoms with Gasteiger partial charge in [0.2, 0.25) is 0 Å². The van der Waals surface area contributed by atoms with Gasteiger partial charge < -0.3 is 0 Å². The lowest BCUT2D eigenvalue weighted by molar-refractivity contribution is -0.137. The van der Waals surface area contributed by atoms with Crippen LogP contribution >= 0.6 is 50.7 Å². The molecule has 0 radical (unpaired) electrons. The fraction of sp³-hybridized carbons (Fsp3) is 0.250. The minimum Gasteiger partial charge on any atom is -0.251 e. The van der Waals surface area contributed by atoms with Crippen LogP contribution in [0.25, 0.3) is 0 Å². The Morgan fingerprint density at radius 1 is 1.23 bits per heavy atom. The molecule has 0 amide bonds. The molecule has 0 aliphatic carbocycles. The van der Waals surface area contributed by atoms with Gasteiger partial charge >= 0.3 is 11.9 Å². The molecule has 1 aliphatic rings. The Bertz CT molecular complexity index is 845. The predicted molar refractivity (Wildman–Crippen MR) is 91.1 cm³/mol. The van der Waals surface area contributed by atoms with E-state index in [2.05, 4.69) is 15.9 Å². The summed E-state index contributed by atoms with van der Waals surface area (Å²) in [7, 11) is -3.06. The summed E-state index contributed by atoms with van der Waals surface area (Å²) in [6.07, 6.45) is -4.81. The number of benzene rings is 1. The average molecular weight is 520 g/mol. The van der Waals surface area contributed by atoms with Gasteiger partial charge in [0, 0.05) is 0 Å². The number of anilines is 1. The highest BCUT2D eigenvalue weighted by molar-refractivity contribution is 9.11. The maximum absolute atomic E-state index is 13.0. The Balaban J connectivity index is 2.66. The third-order valence-electron chi connectivity index (χ3n) is 3.07. The first kappa shape index (κ1) is 21.7. The van der Waals surface area contributed by atoms with Crippen LogP contribution in [0.15, 0.2) is 21.8 Å². The van der Waals surface area contributed by atoms with Gasteiger partial charge in [-0.2, -0.15) is 27.2 Å². The number of nitrogens with zero attached hydrogens (tertiary/aromatic N) is 3. The first-order chi connectivity index (χ1) is 11.9. The van der Waals surface area contributed by atoms with Gasteiger partial charge in [0.05, 0.1) is 32.4 Å². The summed E-state index contributed by atoms with van der Waals surface area (Å²) in [5, 5.41) is 8.23. The molecule has 0 bridgehead atoms. The van der Waals surface area contributed by atoms with Crippen molar-refractivity contribution >= 4 is 67.4 Å². The molecule has 0 spiro atoms. The molecule has 2 rings (SSSR count). The number of hydrazine groups is 1. The molecule has 14 heteroatoms. The second kappa shape index (κ2) is 7.77. The molecule has 0 N–H and O–H groups in total. The van der Waals surface area contributed by atoms with Crippen molar-refractivity contribution in [3.8, 4) is 6.07 Å². The van der Waals surface area contributed by atoms with Gasteiger partial charge in [-0.3, -0.25) is 5.01 Å². The van der Waals surface area contributed by atoms with E-state index < -0.39 is 44.6 Å². The molecule has 0 saturated heterocycles. The number of alkyl halides is 5. The number of rotatable bonds is 3. The van der Waals surface area contributed by atoms with E-state index in [0.717, 1.165) is 6.07 Å². The molecule has 2 unspecified atom stereocenters. The van der Waals surface area contributed by atoms with E-state index in [1.54, 1.807) is 6.07 Å². The quantitative estimate of drug-likeness (QED) is 0.384. The van der Waals surface area contributed by atoms with Crippen LogP contribution < -0.4 is 5.01 Å². The highest BCUT2D eigenvalue weighted by Gasteiger charge is 2.46. The van der Waals surface area contributed by atoms with Gasteiger partial charge in [-0.25, -0.2) is 4.21 Å². The van der Waals surface area contributed by atoms with Crippen molar-refractivity contribution in [1.29, 1.82) is 5.26 Å². The molecule has 1 aromatic rings. The van der Waals surface area contributed by atoms with Crippen molar-refractivity contribution in [3.05, 3.63) is 37.4 Å². The van der Waals surface area contributed by atoms with Crippen molar-refractivity contribution in [2.24, 2.45) is 0 Å². The first-order valence-electron chi connectivity index (χ1n) is 6.21. The lowest BCUT2D eigenvalue weighted by Gasteiger charge is -2.31. The third kappa shape index (κ3) is 3.81. The van der Waals surface area contributed by atoms with Crippen LogP contribution in [0.2, 0.25) is 10.0 Å². The van der Waals surface area contributed by atoms with Crippen LogP contribution in [0, 0.1) is 11.3 Å². The van der Waals surface area contributed by atoms with Gasteiger partial charge in [0.25, 0.3) is 0 Å². The molecule has 1 aliphatic heterocycles. The molecule has 26 heavy (non-hydrogen) atoms. The Morgan fingerprint density at radius 3 is 2.27 bits per heavy atom. The maximum Gasteiger partial charge on any atom is 0.417 e. The van der Waals surface area contributed by atoms with Crippen LogP contribution in [0.4, 0.5) is 27.6 Å². The zero-order valence-corrected chi connectivity index (χ0v) is 16.5. The molecule has 142 valence electrons. The fourth-order valence-electron chi connectivity index (χ4n) is 2.01. The Hall–Kier alpha value is -0.640. The molecule has 2 atom stereocenters. The minimum atomic E-state index is -4.81. The van der Waals surface area contributed by atoms with Crippen LogP contribution in [0.5, 0.6) is 0 Å². The Kier molecular flexibility index (Phi) is 6.47. The second-order valence-electron chi connectivity index (χ2n) is 4.60. The van der Waals surface area contributed by atoms with E-state index in [1.807, 2.05) is 0 Å². The maximum atomic E-state index is 13.0. The fourth-order valence-corrected chi connectivity index (χ4v) is 4.34. The van der Waals surface area contributed by atoms with Crippen LogP contribution in [0.3, 0.4) is 0 Å². The van der Waals surface area contributed by atoms with Gasteiger partial charge in [-0.1, -0.05) is 34.8 Å². The predicted octanol–water partition coefficient (Wildman–Crippen LogP) is 5.63. The van der Waals surface area contributed by atoms with Crippen molar-refractivity contribution < 1.29 is 26.2 Å². The molecule has 0 aromatic heterocycles. The zero-order valence-electron chi connectivity index (χ0n) is 11.9. The molecule has 0 saturated carbocycles. The summed E-state index contributed by atoms with van der Waals surface area (Å²) in [6, 6.07) is 1.22. The van der Waals surface area contributed by atoms with E-state index in [4.69, 9.17) is 40.1 Å². The normalized spacial score (nSPS) is 20.0. The highest BCUT2D eigenvalue weighted by Crippen LogP contribution is 2.46. The number of nitriles is 1. The Morgan fingerprint density at radius 2 is 1.81 bits per heavy atom. The van der Waals surface area contributed by atoms with Crippen LogP contribution in [-0.4, -0.2) is 20.4 Å². The van der Waals surface area contributed by atoms with Gasteiger partial charge in [-0.05, 0) is 28.1 Å². The van der Waals surface area contributed by atoms with E-state index in [-0.39, 0.29) is 15.3 Å². The van der Waals surface area contributed by atoms with Crippen molar-refractivity contribution in [2.45, 2.75) is 18.0 Å². The van der Waals surface area contributed by atoms with Crippen molar-refractivity contribution in [3.63, 3.8) is 0 Å². The second-order valence-corrected chi connectivity index (χ2v) is 7.86. The van der Waals surface area contributed by atoms with Gasteiger partial charge in [0.1, 0.15) is 4.61 Å². The van der Waals surface area contributed by atoms with E-state index in [9.17, 15) is 26.2 Å². The largest absolute Gasteiger partial charge is 0.417 e. The van der Waals surface area contributed by atoms with E-state index in [0.29, 0.717) is 15.5 Å². The summed E-state index contributed by atoms with van der Waals surface area (Å²) in [6.45, 7) is 0. The lowest BCUT2D eigenvalue weighted by atomic mass is 10.2. The standard InChI is InChI=1S/C12H4BrCl3F5N3OS/c13-10-9(16)8(3-22)24(26(25)11(17)18)23(10)7-2-5(14)4(1-6(7)15)12(19,20)21/h1-2,8,11H. The first-order valence-corrected chi connectivity index (χ1v) is 9.30. The van der Waals surface area contributed by atoms with Crippen LogP contribution in [0.1, 0.15) is 5.56 Å².